The van der Waals surface area contributed by atoms with Crippen LogP contribution in [-0.4, -0.2) is 9.97 Å². The van der Waals surface area contributed by atoms with Crippen LogP contribution in [0.4, 0.5) is 17.1 Å². The molecule has 0 aliphatic rings. The highest BCUT2D eigenvalue weighted by Crippen LogP contribution is 2.39. The maximum atomic E-state index is 5.37. The summed E-state index contributed by atoms with van der Waals surface area (Å²) in [4.78, 5) is 12.9. The molecule has 0 fully saturated rings. The van der Waals surface area contributed by atoms with Crippen molar-refractivity contribution in [3.63, 3.8) is 0 Å². The minimum Gasteiger partial charge on any atom is -0.310 e. The van der Waals surface area contributed by atoms with Gasteiger partial charge in [-0.1, -0.05) is 152 Å². The van der Waals surface area contributed by atoms with Crippen LogP contribution in [0.2, 0.25) is 0 Å². The fourth-order valence-electron chi connectivity index (χ4n) is 6.89. The van der Waals surface area contributed by atoms with E-state index in [1.807, 2.05) is 12.1 Å². The molecule has 9 aromatic rings. The van der Waals surface area contributed by atoms with E-state index >= 15 is 0 Å². The number of nitrogens with zero attached hydrogens (tertiary/aromatic N) is 3. The molecule has 3 heteroatoms. The van der Waals surface area contributed by atoms with Gasteiger partial charge in [-0.3, -0.25) is 0 Å². The van der Waals surface area contributed by atoms with Crippen LogP contribution >= 0.6 is 0 Å². The normalized spacial score (nSPS) is 11.1. The first-order chi connectivity index (χ1) is 25.3. The Kier molecular flexibility index (Phi) is 7.84. The van der Waals surface area contributed by atoms with E-state index in [1.54, 1.807) is 0 Å². The predicted octanol–water partition coefficient (Wildman–Crippen LogP) is 12.9. The van der Waals surface area contributed by atoms with Gasteiger partial charge in [0.2, 0.25) is 0 Å². The predicted molar refractivity (Wildman–Crippen MR) is 213 cm³/mol. The van der Waals surface area contributed by atoms with E-state index in [1.165, 1.54) is 11.1 Å². The molecule has 1 aromatic heterocycles. The van der Waals surface area contributed by atoms with Crippen molar-refractivity contribution in [1.29, 1.82) is 0 Å². The third-order valence-corrected chi connectivity index (χ3v) is 9.43. The molecular weight excluding hydrogens is 619 g/mol. The lowest BCUT2D eigenvalue weighted by Gasteiger charge is -2.26. The average molecular weight is 652 g/mol. The summed E-state index contributed by atoms with van der Waals surface area (Å²) in [6.45, 7) is 0. The van der Waals surface area contributed by atoms with E-state index in [2.05, 4.69) is 193 Å². The van der Waals surface area contributed by atoms with Gasteiger partial charge >= 0.3 is 0 Å². The Hall–Kier alpha value is -6.84. The number of hydrogen-bond acceptors (Lipinski definition) is 3. The zero-order chi connectivity index (χ0) is 34.0. The summed E-state index contributed by atoms with van der Waals surface area (Å²) in [5, 5.41) is 2.21. The summed E-state index contributed by atoms with van der Waals surface area (Å²) in [5.74, 6) is 0. The molecule has 240 valence electrons. The first kappa shape index (κ1) is 30.2. The molecule has 0 N–H and O–H groups in total. The van der Waals surface area contributed by atoms with Gasteiger partial charge in [-0.05, 0) is 76.2 Å². The molecular formula is C48H33N3. The lowest BCUT2D eigenvalue weighted by molar-refractivity contribution is 1.28. The highest BCUT2D eigenvalue weighted by atomic mass is 15.1. The highest BCUT2D eigenvalue weighted by molar-refractivity contribution is 6.07. The SMILES string of the molecule is c1ccc(-c2ccc(N(c3ccccc3)c3cccc(-c4ccc5ccc6nc(-c7ccccc7)c(-c7ccccc7)nc6c5c4)c3)cc2)cc1. The third kappa shape index (κ3) is 5.92. The van der Waals surface area contributed by atoms with Gasteiger partial charge in [0, 0.05) is 33.6 Å². The molecule has 0 aliphatic carbocycles. The fraction of sp³-hybridized carbons (Fsp3) is 0. The van der Waals surface area contributed by atoms with Crippen molar-refractivity contribution in [1.82, 2.24) is 9.97 Å². The van der Waals surface area contributed by atoms with Crippen LogP contribution in [0, 0.1) is 0 Å². The Balaban J connectivity index is 1.16. The largest absolute Gasteiger partial charge is 0.310 e. The lowest BCUT2D eigenvalue weighted by Crippen LogP contribution is -2.09. The van der Waals surface area contributed by atoms with Crippen LogP contribution in [-0.2, 0) is 0 Å². The van der Waals surface area contributed by atoms with Crippen molar-refractivity contribution in [2.45, 2.75) is 0 Å². The molecule has 0 aliphatic heterocycles. The van der Waals surface area contributed by atoms with Crippen LogP contribution in [0.3, 0.4) is 0 Å². The first-order valence-corrected chi connectivity index (χ1v) is 17.2. The minimum absolute atomic E-state index is 0.876. The highest BCUT2D eigenvalue weighted by Gasteiger charge is 2.17. The van der Waals surface area contributed by atoms with Crippen molar-refractivity contribution in [3.05, 3.63) is 200 Å². The fourth-order valence-corrected chi connectivity index (χ4v) is 6.89. The summed E-state index contributed by atoms with van der Waals surface area (Å²) < 4.78 is 0. The second-order valence-electron chi connectivity index (χ2n) is 12.7. The summed E-state index contributed by atoms with van der Waals surface area (Å²) in [7, 11) is 0. The van der Waals surface area contributed by atoms with Gasteiger partial charge in [0.25, 0.3) is 0 Å². The summed E-state index contributed by atoms with van der Waals surface area (Å²) >= 11 is 0. The zero-order valence-electron chi connectivity index (χ0n) is 27.9. The van der Waals surface area contributed by atoms with Crippen molar-refractivity contribution < 1.29 is 0 Å². The molecule has 9 rings (SSSR count). The molecule has 0 radical (unpaired) electrons. The molecule has 51 heavy (non-hydrogen) atoms. The average Bonchev–Trinajstić information content (AvgIpc) is 3.22. The van der Waals surface area contributed by atoms with Gasteiger partial charge in [0.05, 0.1) is 22.4 Å². The van der Waals surface area contributed by atoms with Gasteiger partial charge < -0.3 is 4.90 Å². The molecule has 3 nitrogen and oxygen atoms in total. The van der Waals surface area contributed by atoms with Crippen LogP contribution in [0.1, 0.15) is 0 Å². The van der Waals surface area contributed by atoms with Crippen molar-refractivity contribution in [2.24, 2.45) is 0 Å². The zero-order valence-corrected chi connectivity index (χ0v) is 27.9. The molecule has 0 saturated carbocycles. The van der Waals surface area contributed by atoms with E-state index < -0.39 is 0 Å². The molecule has 0 unspecified atom stereocenters. The number of rotatable bonds is 7. The van der Waals surface area contributed by atoms with Gasteiger partial charge in [-0.2, -0.15) is 0 Å². The summed E-state index contributed by atoms with van der Waals surface area (Å²) in [6, 6.07) is 70.3. The Morgan fingerprint density at radius 3 is 1.45 bits per heavy atom. The first-order valence-electron chi connectivity index (χ1n) is 17.2. The summed E-state index contributed by atoms with van der Waals surface area (Å²) in [5.41, 5.74) is 13.6. The van der Waals surface area contributed by atoms with Gasteiger partial charge in [-0.15, -0.1) is 0 Å². The van der Waals surface area contributed by atoms with E-state index in [0.717, 1.165) is 72.5 Å². The maximum absolute atomic E-state index is 5.37. The van der Waals surface area contributed by atoms with Crippen molar-refractivity contribution in [3.8, 4) is 44.8 Å². The van der Waals surface area contributed by atoms with Gasteiger partial charge in [0.15, 0.2) is 0 Å². The minimum atomic E-state index is 0.876. The molecule has 0 atom stereocenters. The molecule has 8 aromatic carbocycles. The van der Waals surface area contributed by atoms with Crippen LogP contribution < -0.4 is 4.90 Å². The lowest BCUT2D eigenvalue weighted by atomic mass is 9.98. The van der Waals surface area contributed by atoms with E-state index in [4.69, 9.17) is 9.97 Å². The molecule has 0 spiro atoms. The van der Waals surface area contributed by atoms with Crippen molar-refractivity contribution >= 4 is 38.9 Å². The smallest absolute Gasteiger partial charge is 0.0973 e. The van der Waals surface area contributed by atoms with Crippen LogP contribution in [0.5, 0.6) is 0 Å². The standard InChI is InChI=1S/C48H33N3/c1-5-14-34(15-6-1)35-26-29-42(30-27-35)51(41-21-11-4-12-22-41)43-23-13-20-39(32-43)40-25-24-36-28-31-45-48(44(36)33-40)50-47(38-18-9-3-10-19-38)46(49-45)37-16-7-2-8-17-37/h1-33H. The number of anilines is 3. The van der Waals surface area contributed by atoms with Gasteiger partial charge in [0.1, 0.15) is 0 Å². The van der Waals surface area contributed by atoms with Gasteiger partial charge in [-0.25, -0.2) is 9.97 Å². The number of hydrogen-bond donors (Lipinski definition) is 0. The van der Waals surface area contributed by atoms with E-state index in [0.29, 0.717) is 0 Å². The Morgan fingerprint density at radius 2 is 0.784 bits per heavy atom. The van der Waals surface area contributed by atoms with E-state index in [-0.39, 0.29) is 0 Å². The number of fused-ring (bicyclic) bond motifs is 3. The molecule has 0 saturated heterocycles. The van der Waals surface area contributed by atoms with Crippen LogP contribution in [0.15, 0.2) is 200 Å². The van der Waals surface area contributed by atoms with Crippen LogP contribution in [0.25, 0.3) is 66.6 Å². The van der Waals surface area contributed by atoms with E-state index in [9.17, 15) is 0 Å². The number of para-hydroxylation sites is 1. The second-order valence-corrected chi connectivity index (χ2v) is 12.7. The monoisotopic (exact) mass is 651 g/mol. The Bertz CT molecular complexity index is 2600. The molecule has 0 bridgehead atoms. The molecule has 1 heterocycles. The number of aromatic nitrogens is 2. The second kappa shape index (κ2) is 13.2. The molecule has 0 amide bonds. The summed E-state index contributed by atoms with van der Waals surface area (Å²) in [6.07, 6.45) is 0. The third-order valence-electron chi connectivity index (χ3n) is 9.43. The number of benzene rings is 8. The topological polar surface area (TPSA) is 29.0 Å². The quantitative estimate of drug-likeness (QED) is 0.161. The Morgan fingerprint density at radius 1 is 0.314 bits per heavy atom. The maximum Gasteiger partial charge on any atom is 0.0973 e. The Labute approximate surface area is 297 Å². The van der Waals surface area contributed by atoms with Crippen molar-refractivity contribution in [2.75, 3.05) is 4.90 Å².